The molecule has 5 rings (SSSR count). The van der Waals surface area contributed by atoms with E-state index in [0.717, 1.165) is 52.4 Å². The van der Waals surface area contributed by atoms with Gasteiger partial charge < -0.3 is 14.3 Å². The van der Waals surface area contributed by atoms with Gasteiger partial charge in [-0.1, -0.05) is 43.3 Å². The molecule has 1 N–H and O–H groups in total. The van der Waals surface area contributed by atoms with Gasteiger partial charge in [0.1, 0.15) is 11.5 Å². The minimum atomic E-state index is -0.742. The van der Waals surface area contributed by atoms with Crippen LogP contribution in [0.2, 0.25) is 0 Å². The molecule has 0 aliphatic heterocycles. The Morgan fingerprint density at radius 3 is 2.71 bits per heavy atom. The van der Waals surface area contributed by atoms with Crippen LogP contribution in [-0.4, -0.2) is 27.7 Å². The van der Waals surface area contributed by atoms with E-state index >= 15 is 0 Å². The number of pyridine rings is 1. The van der Waals surface area contributed by atoms with Crippen molar-refractivity contribution in [1.29, 1.82) is 0 Å². The number of carboxylic acid groups (broad SMARTS) is 1. The number of benzene rings is 2. The van der Waals surface area contributed by atoms with Gasteiger partial charge in [-0.3, -0.25) is 9.78 Å². The molecular formula is C29H28N2O4. The van der Waals surface area contributed by atoms with Crippen LogP contribution < -0.4 is 4.74 Å². The maximum atomic E-state index is 11.4. The predicted molar refractivity (Wildman–Crippen MR) is 133 cm³/mol. The third kappa shape index (κ3) is 4.83. The Morgan fingerprint density at radius 1 is 1.14 bits per heavy atom. The topological polar surface area (TPSA) is 85.5 Å². The summed E-state index contributed by atoms with van der Waals surface area (Å²) in [5.41, 5.74) is 6.00. The molecule has 0 saturated heterocycles. The molecule has 0 bridgehead atoms. The summed E-state index contributed by atoms with van der Waals surface area (Å²) < 4.78 is 11.9. The fourth-order valence-corrected chi connectivity index (χ4v) is 4.76. The summed E-state index contributed by atoms with van der Waals surface area (Å²) in [5, 5.41) is 9.36. The van der Waals surface area contributed by atoms with Gasteiger partial charge in [-0.15, -0.1) is 0 Å². The van der Waals surface area contributed by atoms with Crippen LogP contribution in [0, 0.1) is 12.8 Å². The van der Waals surface area contributed by atoms with Crippen molar-refractivity contribution in [3.63, 3.8) is 0 Å². The van der Waals surface area contributed by atoms with Gasteiger partial charge in [0.15, 0.2) is 0 Å². The Hall–Kier alpha value is -3.93. The van der Waals surface area contributed by atoms with Crippen LogP contribution in [-0.2, 0) is 17.6 Å². The van der Waals surface area contributed by atoms with Gasteiger partial charge in [-0.25, -0.2) is 4.98 Å². The number of ether oxygens (including phenoxy) is 1. The number of hydrogen-bond acceptors (Lipinski definition) is 5. The van der Waals surface area contributed by atoms with Gasteiger partial charge >= 0.3 is 5.97 Å². The molecule has 0 amide bonds. The first kappa shape index (κ1) is 22.8. The number of aromatic nitrogens is 2. The van der Waals surface area contributed by atoms with Gasteiger partial charge in [-0.05, 0) is 61.1 Å². The van der Waals surface area contributed by atoms with E-state index in [1.54, 1.807) is 13.1 Å². The standard InChI is InChI=1S/C29H28N2O4/c1-18(29(32)33)24-11-8-21-16-23(10-12-25(21)24)34-15-14-26-19(2)35-28(31-26)22-9-13-27(30-17-22)20-6-4-3-5-7-20/h3-7,9-10,12-13,16-18,24H,8,11,14-15H2,1-2H3,(H,32,33). The largest absolute Gasteiger partial charge is 0.493 e. The molecule has 0 fully saturated rings. The van der Waals surface area contributed by atoms with E-state index < -0.39 is 5.97 Å². The number of fused-ring (bicyclic) bond motifs is 1. The lowest BCUT2D eigenvalue weighted by Gasteiger charge is -2.16. The van der Waals surface area contributed by atoms with E-state index in [-0.39, 0.29) is 11.8 Å². The van der Waals surface area contributed by atoms with Crippen molar-refractivity contribution in [2.45, 2.75) is 39.0 Å². The molecule has 2 atom stereocenters. The molecule has 0 radical (unpaired) electrons. The van der Waals surface area contributed by atoms with E-state index in [4.69, 9.17) is 9.15 Å². The highest BCUT2D eigenvalue weighted by molar-refractivity contribution is 5.71. The first-order valence-electron chi connectivity index (χ1n) is 12.0. The fraction of sp³-hybridized carbons (Fsp3) is 0.276. The van der Waals surface area contributed by atoms with Crippen LogP contribution in [0.4, 0.5) is 0 Å². The van der Waals surface area contributed by atoms with Crippen LogP contribution in [0.1, 0.15) is 41.8 Å². The number of aliphatic carboxylic acids is 1. The van der Waals surface area contributed by atoms with Crippen molar-refractivity contribution in [2.24, 2.45) is 5.92 Å². The Balaban J connectivity index is 1.21. The average Bonchev–Trinajstić information content (AvgIpc) is 3.47. The van der Waals surface area contributed by atoms with E-state index in [1.807, 2.05) is 67.6 Å². The second kappa shape index (κ2) is 9.74. The molecule has 2 heterocycles. The summed E-state index contributed by atoms with van der Waals surface area (Å²) in [7, 11) is 0. The fourth-order valence-electron chi connectivity index (χ4n) is 4.76. The molecule has 1 aliphatic carbocycles. The Labute approximate surface area is 204 Å². The van der Waals surface area contributed by atoms with Crippen LogP contribution in [0.5, 0.6) is 5.75 Å². The summed E-state index contributed by atoms with van der Waals surface area (Å²) in [4.78, 5) is 20.6. The quantitative estimate of drug-likeness (QED) is 0.337. The molecule has 2 aromatic carbocycles. The lowest BCUT2D eigenvalue weighted by Crippen LogP contribution is -2.17. The van der Waals surface area contributed by atoms with E-state index in [0.29, 0.717) is 18.9 Å². The maximum Gasteiger partial charge on any atom is 0.306 e. The average molecular weight is 469 g/mol. The number of nitrogens with zero attached hydrogens (tertiary/aromatic N) is 2. The molecule has 1 aliphatic rings. The Bertz CT molecular complexity index is 1330. The molecule has 35 heavy (non-hydrogen) atoms. The molecule has 6 heteroatoms. The summed E-state index contributed by atoms with van der Waals surface area (Å²) in [5.74, 6) is 1.08. The van der Waals surface area contributed by atoms with E-state index in [1.165, 1.54) is 5.56 Å². The second-order valence-corrected chi connectivity index (χ2v) is 9.05. The van der Waals surface area contributed by atoms with Crippen LogP contribution in [0.15, 0.2) is 71.3 Å². The van der Waals surface area contributed by atoms with E-state index in [2.05, 4.69) is 9.97 Å². The summed E-state index contributed by atoms with van der Waals surface area (Å²) in [6.45, 7) is 4.18. The molecule has 4 aromatic rings. The summed E-state index contributed by atoms with van der Waals surface area (Å²) in [6, 6.07) is 20.0. The zero-order valence-corrected chi connectivity index (χ0v) is 19.9. The molecule has 0 saturated carbocycles. The molecule has 2 aromatic heterocycles. The minimum Gasteiger partial charge on any atom is -0.493 e. The molecular weight excluding hydrogens is 440 g/mol. The van der Waals surface area contributed by atoms with Crippen molar-refractivity contribution >= 4 is 5.97 Å². The Kier molecular flexibility index (Phi) is 6.36. The molecule has 0 spiro atoms. The smallest absolute Gasteiger partial charge is 0.306 e. The lowest BCUT2D eigenvalue weighted by atomic mass is 9.89. The number of rotatable bonds is 8. The molecule has 6 nitrogen and oxygen atoms in total. The van der Waals surface area contributed by atoms with Crippen molar-refractivity contribution < 1.29 is 19.1 Å². The number of oxazole rings is 1. The van der Waals surface area contributed by atoms with Crippen molar-refractivity contribution in [2.75, 3.05) is 6.61 Å². The van der Waals surface area contributed by atoms with Crippen molar-refractivity contribution in [1.82, 2.24) is 9.97 Å². The lowest BCUT2D eigenvalue weighted by molar-refractivity contribution is -0.141. The number of carbonyl (C=O) groups is 1. The molecule has 2 unspecified atom stereocenters. The van der Waals surface area contributed by atoms with Gasteiger partial charge in [0, 0.05) is 18.2 Å². The molecule has 178 valence electrons. The number of hydrogen-bond donors (Lipinski definition) is 1. The van der Waals surface area contributed by atoms with Gasteiger partial charge in [0.2, 0.25) is 5.89 Å². The second-order valence-electron chi connectivity index (χ2n) is 9.05. The first-order chi connectivity index (χ1) is 17.0. The normalized spacial score (nSPS) is 15.5. The number of carboxylic acids is 1. The van der Waals surface area contributed by atoms with Crippen molar-refractivity contribution in [3.8, 4) is 28.5 Å². The zero-order valence-electron chi connectivity index (χ0n) is 19.9. The summed E-state index contributed by atoms with van der Waals surface area (Å²) >= 11 is 0. The number of aryl methyl sites for hydroxylation is 2. The SMILES string of the molecule is Cc1oc(-c2ccc(-c3ccccc3)nc2)nc1CCOc1ccc2c(c1)CCC2C(C)C(=O)O. The maximum absolute atomic E-state index is 11.4. The highest BCUT2D eigenvalue weighted by Crippen LogP contribution is 2.40. The van der Waals surface area contributed by atoms with Crippen LogP contribution >= 0.6 is 0 Å². The first-order valence-corrected chi connectivity index (χ1v) is 12.0. The summed E-state index contributed by atoms with van der Waals surface area (Å²) in [6.07, 6.45) is 4.17. The monoisotopic (exact) mass is 468 g/mol. The highest BCUT2D eigenvalue weighted by Gasteiger charge is 2.31. The van der Waals surface area contributed by atoms with Gasteiger partial charge in [0.25, 0.3) is 0 Å². The van der Waals surface area contributed by atoms with Gasteiger partial charge in [-0.2, -0.15) is 0 Å². The van der Waals surface area contributed by atoms with Crippen molar-refractivity contribution in [3.05, 3.63) is 89.4 Å². The third-order valence-electron chi connectivity index (χ3n) is 6.81. The third-order valence-corrected chi connectivity index (χ3v) is 6.81. The predicted octanol–water partition coefficient (Wildman–Crippen LogP) is 6.08. The van der Waals surface area contributed by atoms with Gasteiger partial charge in [0.05, 0.1) is 29.5 Å². The zero-order chi connectivity index (χ0) is 24.4. The van der Waals surface area contributed by atoms with Crippen LogP contribution in [0.3, 0.4) is 0 Å². The highest BCUT2D eigenvalue weighted by atomic mass is 16.5. The minimum absolute atomic E-state index is 0.0731. The Morgan fingerprint density at radius 2 is 1.97 bits per heavy atom. The van der Waals surface area contributed by atoms with Crippen LogP contribution in [0.25, 0.3) is 22.7 Å². The van der Waals surface area contributed by atoms with E-state index in [9.17, 15) is 9.90 Å².